The molecule has 0 radical (unpaired) electrons. The summed E-state index contributed by atoms with van der Waals surface area (Å²) < 4.78 is 5.73. The van der Waals surface area contributed by atoms with Gasteiger partial charge < -0.3 is 20.6 Å². The van der Waals surface area contributed by atoms with Gasteiger partial charge in [0, 0.05) is 12.1 Å². The van der Waals surface area contributed by atoms with Gasteiger partial charge in [-0.25, -0.2) is 9.59 Å². The van der Waals surface area contributed by atoms with Gasteiger partial charge in [-0.05, 0) is 12.2 Å². The lowest BCUT2D eigenvalue weighted by Crippen LogP contribution is -2.37. The molecule has 1 aromatic carbocycles. The summed E-state index contributed by atoms with van der Waals surface area (Å²) in [6.45, 7) is 0.0466. The number of hydrogen-bond donors (Lipinski definition) is 3. The Bertz CT molecular complexity index is 906. The van der Waals surface area contributed by atoms with Gasteiger partial charge in [0.25, 0.3) is 5.56 Å². The number of H-pyrrole nitrogens is 1. The normalized spacial score (nSPS) is 10.5. The van der Waals surface area contributed by atoms with Gasteiger partial charge in [-0.15, -0.1) is 0 Å². The maximum Gasteiger partial charge on any atom is 0.410 e. The average Bonchev–Trinajstić information content (AvgIpc) is 2.59. The van der Waals surface area contributed by atoms with Gasteiger partial charge >= 0.3 is 17.8 Å². The van der Waals surface area contributed by atoms with Crippen molar-refractivity contribution < 1.29 is 19.4 Å². The maximum absolute atomic E-state index is 12.6. The van der Waals surface area contributed by atoms with Crippen molar-refractivity contribution in [1.82, 2.24) is 9.55 Å². The number of ether oxygens (including phenoxy) is 1. The molecule has 26 heavy (non-hydrogen) atoms. The third-order valence-corrected chi connectivity index (χ3v) is 4.33. The first-order valence-corrected chi connectivity index (χ1v) is 8.75. The van der Waals surface area contributed by atoms with E-state index in [1.54, 1.807) is 30.3 Å². The van der Waals surface area contributed by atoms with E-state index >= 15 is 0 Å². The van der Waals surface area contributed by atoms with Gasteiger partial charge in [0.1, 0.15) is 0 Å². The van der Waals surface area contributed by atoms with Crippen molar-refractivity contribution in [3.8, 4) is 17.0 Å². The van der Waals surface area contributed by atoms with Crippen molar-refractivity contribution in [3.63, 3.8) is 0 Å². The Morgan fingerprint density at radius 3 is 2.54 bits per heavy atom. The monoisotopic (exact) mass is 379 g/mol. The molecule has 0 saturated heterocycles. The van der Waals surface area contributed by atoms with Gasteiger partial charge in [-0.1, -0.05) is 30.3 Å². The van der Waals surface area contributed by atoms with E-state index in [2.05, 4.69) is 4.98 Å². The number of aromatic nitrogens is 2. The molecule has 10 heteroatoms. The number of aromatic amines is 1. The van der Waals surface area contributed by atoms with Crippen LogP contribution in [0.5, 0.6) is 5.75 Å². The maximum atomic E-state index is 12.6. The van der Waals surface area contributed by atoms with Crippen LogP contribution in [0.3, 0.4) is 0 Å². The predicted molar refractivity (Wildman–Crippen MR) is 96.5 cm³/mol. The second-order valence-electron chi connectivity index (χ2n) is 5.18. The van der Waals surface area contributed by atoms with Gasteiger partial charge in [0.05, 0.1) is 11.4 Å². The second kappa shape index (κ2) is 8.90. The van der Waals surface area contributed by atoms with Crippen molar-refractivity contribution in [2.45, 2.75) is 13.0 Å². The standard InChI is InChI=1S/C16H17N3O6S/c17-15(23)25-13-12(10-5-2-1-3-6-10)18-16(24)19(14(13)22)7-4-8-26-9-11(20)21/h1-3,5-6H,4,7-9H2,(H2,17,23)(H,18,24)(H,20,21). The van der Waals surface area contributed by atoms with Gasteiger partial charge in [-0.3, -0.25) is 14.2 Å². The number of nitrogens with one attached hydrogen (secondary N) is 1. The van der Waals surface area contributed by atoms with E-state index in [0.717, 1.165) is 4.57 Å². The molecule has 2 rings (SSSR count). The smallest absolute Gasteiger partial charge is 0.410 e. The third kappa shape index (κ3) is 4.99. The van der Waals surface area contributed by atoms with Gasteiger partial charge in [0.2, 0.25) is 5.75 Å². The molecule has 0 aliphatic heterocycles. The van der Waals surface area contributed by atoms with E-state index in [4.69, 9.17) is 15.6 Å². The highest BCUT2D eigenvalue weighted by Gasteiger charge is 2.18. The van der Waals surface area contributed by atoms with Gasteiger partial charge in [0.15, 0.2) is 0 Å². The summed E-state index contributed by atoms with van der Waals surface area (Å²) in [7, 11) is 0. The molecule has 1 amide bonds. The lowest BCUT2D eigenvalue weighted by molar-refractivity contribution is -0.133. The Kier molecular flexibility index (Phi) is 6.61. The number of carbonyl (C=O) groups excluding carboxylic acids is 1. The van der Waals surface area contributed by atoms with Crippen LogP contribution >= 0.6 is 11.8 Å². The molecule has 4 N–H and O–H groups in total. The summed E-state index contributed by atoms with van der Waals surface area (Å²) in [4.78, 5) is 49.1. The number of nitrogens with zero attached hydrogens (tertiary/aromatic N) is 1. The van der Waals surface area contributed by atoms with Crippen LogP contribution in [-0.4, -0.2) is 38.2 Å². The zero-order valence-electron chi connectivity index (χ0n) is 13.6. The van der Waals surface area contributed by atoms with Crippen molar-refractivity contribution in [2.75, 3.05) is 11.5 Å². The fourth-order valence-electron chi connectivity index (χ4n) is 2.24. The molecular formula is C16H17N3O6S. The fourth-order valence-corrected chi connectivity index (χ4v) is 2.90. The van der Waals surface area contributed by atoms with Crippen molar-refractivity contribution in [3.05, 3.63) is 51.2 Å². The van der Waals surface area contributed by atoms with E-state index < -0.39 is 23.3 Å². The first-order valence-electron chi connectivity index (χ1n) is 7.59. The van der Waals surface area contributed by atoms with Crippen LogP contribution < -0.4 is 21.7 Å². The molecule has 0 aliphatic carbocycles. The molecule has 0 fully saturated rings. The quantitative estimate of drug-likeness (QED) is 0.577. The van der Waals surface area contributed by atoms with Crippen molar-refractivity contribution in [1.29, 1.82) is 0 Å². The number of benzene rings is 1. The summed E-state index contributed by atoms with van der Waals surface area (Å²) in [5.74, 6) is -0.908. The topological polar surface area (TPSA) is 144 Å². The van der Waals surface area contributed by atoms with Crippen LogP contribution in [0, 0.1) is 0 Å². The summed E-state index contributed by atoms with van der Waals surface area (Å²) >= 11 is 1.17. The molecule has 2 aromatic rings. The summed E-state index contributed by atoms with van der Waals surface area (Å²) in [5.41, 5.74) is 4.15. The Hall–Kier alpha value is -3.01. The average molecular weight is 379 g/mol. The van der Waals surface area contributed by atoms with E-state index in [-0.39, 0.29) is 23.7 Å². The first-order chi connectivity index (χ1) is 12.4. The third-order valence-electron chi connectivity index (χ3n) is 3.30. The van der Waals surface area contributed by atoms with E-state index in [1.165, 1.54) is 11.8 Å². The molecule has 0 spiro atoms. The fraction of sp³-hybridized carbons (Fsp3) is 0.250. The number of hydrogen-bond acceptors (Lipinski definition) is 6. The number of carbonyl (C=O) groups is 2. The van der Waals surface area contributed by atoms with Crippen molar-refractivity contribution >= 4 is 23.8 Å². The van der Waals surface area contributed by atoms with Crippen LogP contribution in [0.15, 0.2) is 39.9 Å². The van der Waals surface area contributed by atoms with Crippen LogP contribution in [0.4, 0.5) is 4.79 Å². The SMILES string of the molecule is NC(=O)Oc1c(-c2ccccc2)[nH]c(=O)n(CCCSCC(=O)O)c1=O. The minimum Gasteiger partial charge on any atom is -0.481 e. The van der Waals surface area contributed by atoms with Crippen LogP contribution in [0.2, 0.25) is 0 Å². The molecule has 0 aliphatic rings. The largest absolute Gasteiger partial charge is 0.481 e. The van der Waals surface area contributed by atoms with Crippen LogP contribution in [-0.2, 0) is 11.3 Å². The number of carboxylic acid groups (broad SMARTS) is 1. The Morgan fingerprint density at radius 2 is 1.92 bits per heavy atom. The molecule has 1 heterocycles. The van der Waals surface area contributed by atoms with Gasteiger partial charge in [-0.2, -0.15) is 11.8 Å². The minimum atomic E-state index is -1.17. The molecule has 0 bridgehead atoms. The second-order valence-corrected chi connectivity index (χ2v) is 6.28. The number of carboxylic acids is 1. The Labute approximate surface area is 151 Å². The zero-order valence-corrected chi connectivity index (χ0v) is 14.5. The highest BCUT2D eigenvalue weighted by molar-refractivity contribution is 7.99. The lowest BCUT2D eigenvalue weighted by atomic mass is 10.1. The Balaban J connectivity index is 2.33. The molecule has 1 aromatic heterocycles. The van der Waals surface area contributed by atoms with Crippen LogP contribution in [0.25, 0.3) is 11.3 Å². The Morgan fingerprint density at radius 1 is 1.23 bits per heavy atom. The van der Waals surface area contributed by atoms with Crippen molar-refractivity contribution in [2.24, 2.45) is 5.73 Å². The minimum absolute atomic E-state index is 0.0466. The van der Waals surface area contributed by atoms with E-state index in [9.17, 15) is 19.2 Å². The van der Waals surface area contributed by atoms with E-state index in [1.807, 2.05) is 0 Å². The number of amides is 1. The molecule has 0 atom stereocenters. The number of nitrogens with two attached hydrogens (primary N) is 1. The summed E-state index contributed by atoms with van der Waals surface area (Å²) in [6, 6.07) is 8.45. The molecule has 0 saturated carbocycles. The number of aliphatic carboxylic acids is 1. The molecule has 9 nitrogen and oxygen atoms in total. The molecule has 138 valence electrons. The highest BCUT2D eigenvalue weighted by atomic mass is 32.2. The molecular weight excluding hydrogens is 362 g/mol. The van der Waals surface area contributed by atoms with E-state index in [0.29, 0.717) is 17.7 Å². The number of rotatable bonds is 8. The zero-order chi connectivity index (χ0) is 19.1. The molecule has 0 unspecified atom stereocenters. The summed E-state index contributed by atoms with van der Waals surface area (Å²) in [6.07, 6.45) is -0.781. The highest BCUT2D eigenvalue weighted by Crippen LogP contribution is 2.23. The summed E-state index contributed by atoms with van der Waals surface area (Å²) in [5, 5.41) is 8.59. The predicted octanol–water partition coefficient (Wildman–Crippen LogP) is 0.869. The number of primary amides is 1. The van der Waals surface area contributed by atoms with Crippen LogP contribution in [0.1, 0.15) is 6.42 Å². The lowest BCUT2D eigenvalue weighted by Gasteiger charge is -2.11. The first kappa shape index (κ1) is 19.3. The number of thioether (sulfide) groups is 1.